The molecule has 0 fully saturated rings. The Bertz CT molecular complexity index is 335. The molecule has 1 rings (SSSR count). The van der Waals surface area contributed by atoms with Crippen LogP contribution in [-0.4, -0.2) is 0 Å². The van der Waals surface area contributed by atoms with E-state index in [0.717, 1.165) is 0 Å². The van der Waals surface area contributed by atoms with E-state index in [1.807, 2.05) is 0 Å². The van der Waals surface area contributed by atoms with E-state index in [-0.39, 0.29) is 5.41 Å². The number of hydrogen-bond acceptors (Lipinski definition) is 0. The van der Waals surface area contributed by atoms with E-state index < -0.39 is 0 Å². The zero-order valence-corrected chi connectivity index (χ0v) is 11.2. The highest BCUT2D eigenvalue weighted by Crippen LogP contribution is 2.22. The summed E-state index contributed by atoms with van der Waals surface area (Å²) >= 11 is 0. The van der Waals surface area contributed by atoms with Gasteiger partial charge < -0.3 is 0 Å². The molecule has 16 heavy (non-hydrogen) atoms. The molecule has 0 aliphatic rings. The van der Waals surface area contributed by atoms with Gasteiger partial charge in [-0.3, -0.25) is 0 Å². The Morgan fingerprint density at radius 2 is 1.69 bits per heavy atom. The Kier molecular flexibility index (Phi) is 4.35. The zero-order chi connectivity index (χ0) is 12.2. The van der Waals surface area contributed by atoms with Gasteiger partial charge in [-0.15, -0.1) is 0 Å². The molecule has 0 aliphatic carbocycles. The predicted molar refractivity (Wildman–Crippen MR) is 73.6 cm³/mol. The molecule has 0 saturated heterocycles. The molecule has 1 aromatic carbocycles. The van der Waals surface area contributed by atoms with Crippen LogP contribution in [0.5, 0.6) is 0 Å². The number of rotatable bonds is 3. The third-order valence-corrected chi connectivity index (χ3v) is 3.04. The highest BCUT2D eigenvalue weighted by molar-refractivity contribution is 5.50. The molecule has 0 spiro atoms. The van der Waals surface area contributed by atoms with Gasteiger partial charge in [-0.25, -0.2) is 0 Å². The lowest BCUT2D eigenvalue weighted by atomic mass is 9.86. The van der Waals surface area contributed by atoms with E-state index in [1.54, 1.807) is 0 Å². The Hall–Kier alpha value is -1.04. The van der Waals surface area contributed by atoms with Crippen LogP contribution in [0.3, 0.4) is 0 Å². The van der Waals surface area contributed by atoms with Crippen molar-refractivity contribution in [1.29, 1.82) is 0 Å². The van der Waals surface area contributed by atoms with Crippen molar-refractivity contribution in [2.75, 3.05) is 0 Å². The van der Waals surface area contributed by atoms with Gasteiger partial charge >= 0.3 is 0 Å². The summed E-state index contributed by atoms with van der Waals surface area (Å²) in [7, 11) is 0. The van der Waals surface area contributed by atoms with Crippen LogP contribution in [-0.2, 0) is 5.41 Å². The Balaban J connectivity index is 2.76. The fraction of sp³-hybridized carbons (Fsp3) is 0.500. The summed E-state index contributed by atoms with van der Waals surface area (Å²) in [6.07, 6.45) is 5.71. The molecule has 88 valence electrons. The maximum atomic E-state index is 2.28. The van der Waals surface area contributed by atoms with Crippen LogP contribution in [0.1, 0.15) is 52.2 Å². The quantitative estimate of drug-likeness (QED) is 0.663. The summed E-state index contributed by atoms with van der Waals surface area (Å²) in [6.45, 7) is 11.2. The minimum absolute atomic E-state index is 0.249. The van der Waals surface area contributed by atoms with E-state index in [0.29, 0.717) is 5.92 Å². The van der Waals surface area contributed by atoms with Crippen LogP contribution >= 0.6 is 0 Å². The fourth-order valence-electron chi connectivity index (χ4n) is 1.51. The lowest BCUT2D eigenvalue weighted by Gasteiger charge is -2.18. The first-order chi connectivity index (χ1) is 7.43. The first-order valence-electron chi connectivity index (χ1n) is 6.22. The van der Waals surface area contributed by atoms with Crippen molar-refractivity contribution in [3.05, 3.63) is 41.5 Å². The lowest BCUT2D eigenvalue weighted by Crippen LogP contribution is -2.10. The van der Waals surface area contributed by atoms with Crippen LogP contribution in [0.25, 0.3) is 6.08 Å². The molecule has 0 aromatic heterocycles. The van der Waals surface area contributed by atoms with Gasteiger partial charge in [-0.1, -0.05) is 77.5 Å². The van der Waals surface area contributed by atoms with Crippen molar-refractivity contribution in [3.8, 4) is 0 Å². The molecule has 0 amide bonds. The molecule has 0 nitrogen and oxygen atoms in total. The van der Waals surface area contributed by atoms with Crippen molar-refractivity contribution < 1.29 is 0 Å². The molecular weight excluding hydrogens is 192 g/mol. The highest BCUT2D eigenvalue weighted by atomic mass is 14.2. The minimum Gasteiger partial charge on any atom is -0.0811 e. The van der Waals surface area contributed by atoms with Gasteiger partial charge in [-0.2, -0.15) is 0 Å². The van der Waals surface area contributed by atoms with Crippen molar-refractivity contribution in [3.63, 3.8) is 0 Å². The summed E-state index contributed by atoms with van der Waals surface area (Å²) in [5, 5.41) is 0. The van der Waals surface area contributed by atoms with Crippen molar-refractivity contribution >= 4 is 6.08 Å². The standard InChI is InChI=1S/C16H24/c1-6-13(2)7-8-14-9-11-15(12-10-14)16(3,4)5/h7-13H,6H2,1-5H3/b8-7+. The van der Waals surface area contributed by atoms with E-state index in [9.17, 15) is 0 Å². The fourth-order valence-corrected chi connectivity index (χ4v) is 1.51. The average Bonchev–Trinajstić information content (AvgIpc) is 2.25. The van der Waals surface area contributed by atoms with Gasteiger partial charge in [0.15, 0.2) is 0 Å². The van der Waals surface area contributed by atoms with Gasteiger partial charge in [0.2, 0.25) is 0 Å². The van der Waals surface area contributed by atoms with Crippen LogP contribution in [0.4, 0.5) is 0 Å². The molecule has 0 aliphatic heterocycles. The van der Waals surface area contributed by atoms with Crippen molar-refractivity contribution in [1.82, 2.24) is 0 Å². The van der Waals surface area contributed by atoms with Crippen LogP contribution in [0.2, 0.25) is 0 Å². The van der Waals surface area contributed by atoms with Gasteiger partial charge in [0.1, 0.15) is 0 Å². The smallest absolute Gasteiger partial charge is 0.0132 e. The molecular formula is C16H24. The molecule has 0 heterocycles. The van der Waals surface area contributed by atoms with Gasteiger partial charge in [0.05, 0.1) is 0 Å². The monoisotopic (exact) mass is 216 g/mol. The summed E-state index contributed by atoms with van der Waals surface area (Å²) in [5.74, 6) is 0.669. The number of benzene rings is 1. The Labute approximate surface area is 100 Å². The average molecular weight is 216 g/mol. The second-order valence-electron chi connectivity index (χ2n) is 5.62. The Morgan fingerprint density at radius 1 is 1.12 bits per heavy atom. The summed E-state index contributed by atoms with van der Waals surface area (Å²) < 4.78 is 0. The minimum atomic E-state index is 0.249. The van der Waals surface area contributed by atoms with Crippen molar-refractivity contribution in [2.24, 2.45) is 5.92 Å². The molecule has 0 saturated carbocycles. The third kappa shape index (κ3) is 3.84. The molecule has 1 unspecified atom stereocenters. The Morgan fingerprint density at radius 3 is 2.12 bits per heavy atom. The lowest BCUT2D eigenvalue weighted by molar-refractivity contribution is 0.590. The second kappa shape index (κ2) is 5.34. The van der Waals surface area contributed by atoms with E-state index in [4.69, 9.17) is 0 Å². The number of allylic oxidation sites excluding steroid dienone is 1. The summed E-state index contributed by atoms with van der Waals surface area (Å²) in [6, 6.07) is 8.88. The SMILES string of the molecule is CCC(C)/C=C/c1ccc(C(C)(C)C)cc1. The van der Waals surface area contributed by atoms with Crippen molar-refractivity contribution in [2.45, 2.75) is 46.5 Å². The van der Waals surface area contributed by atoms with Crippen LogP contribution in [0.15, 0.2) is 30.3 Å². The molecule has 1 aromatic rings. The summed E-state index contributed by atoms with van der Waals surface area (Å²) in [5.41, 5.74) is 2.94. The maximum absolute atomic E-state index is 2.28. The first-order valence-corrected chi connectivity index (χ1v) is 6.22. The van der Waals surface area contributed by atoms with Gasteiger partial charge in [0.25, 0.3) is 0 Å². The maximum Gasteiger partial charge on any atom is -0.0132 e. The molecule has 0 N–H and O–H groups in total. The number of hydrogen-bond donors (Lipinski definition) is 0. The molecule has 1 atom stereocenters. The molecule has 0 heteroatoms. The molecule has 0 radical (unpaired) electrons. The summed E-state index contributed by atoms with van der Waals surface area (Å²) in [4.78, 5) is 0. The van der Waals surface area contributed by atoms with E-state index in [2.05, 4.69) is 71.0 Å². The van der Waals surface area contributed by atoms with E-state index in [1.165, 1.54) is 17.5 Å². The first kappa shape index (κ1) is 13.0. The highest BCUT2D eigenvalue weighted by Gasteiger charge is 2.12. The van der Waals surface area contributed by atoms with Gasteiger partial charge in [0, 0.05) is 0 Å². The van der Waals surface area contributed by atoms with Crippen LogP contribution < -0.4 is 0 Å². The zero-order valence-electron chi connectivity index (χ0n) is 11.2. The largest absolute Gasteiger partial charge is 0.0811 e. The molecule has 0 bridgehead atoms. The second-order valence-corrected chi connectivity index (χ2v) is 5.62. The topological polar surface area (TPSA) is 0 Å². The predicted octanol–water partition coefficient (Wildman–Crippen LogP) is 5.04. The van der Waals surface area contributed by atoms with Gasteiger partial charge in [-0.05, 0) is 22.5 Å². The van der Waals surface area contributed by atoms with E-state index >= 15 is 0 Å². The normalized spacial score (nSPS) is 14.3. The van der Waals surface area contributed by atoms with Crippen LogP contribution in [0, 0.1) is 5.92 Å². The third-order valence-electron chi connectivity index (χ3n) is 3.04.